The molecular weight excluding hydrogens is 576 g/mol. The molecule has 3 rings (SSSR count). The van der Waals surface area contributed by atoms with E-state index in [1.807, 2.05) is 0 Å². The van der Waals surface area contributed by atoms with E-state index in [1.165, 1.54) is 50.2 Å². The fourth-order valence-corrected chi connectivity index (χ4v) is 3.66. The molecule has 0 spiro atoms. The average Bonchev–Trinajstić information content (AvgIpc) is 3.15. The van der Waals surface area contributed by atoms with Crippen LogP contribution >= 0.6 is 23.2 Å². The maximum atomic E-state index is 13.0. The smallest absolute Gasteiger partial charge is 0.339 e. The van der Waals surface area contributed by atoms with E-state index in [-0.39, 0.29) is 28.0 Å². The number of nitrogens with two attached hydrogens (primary N) is 1. The quantitative estimate of drug-likeness (QED) is 0.363. The molecule has 0 fully saturated rings. The Balaban J connectivity index is 1.96. The largest absolute Gasteiger partial charge is 0.411 e. The first-order valence-corrected chi connectivity index (χ1v) is 12.2. The molecule has 1 heterocycles. The molecule has 10 nitrogen and oxygen atoms in total. The van der Waals surface area contributed by atoms with Gasteiger partial charge in [0.25, 0.3) is 5.91 Å². The van der Waals surface area contributed by atoms with Crippen LogP contribution in [0.2, 0.25) is 10.0 Å². The molecule has 1 unspecified atom stereocenters. The lowest BCUT2D eigenvalue weighted by molar-refractivity contribution is -0.136. The Labute approximate surface area is 235 Å². The minimum absolute atomic E-state index is 0.0890. The number of aromatic nitrogens is 3. The topological polar surface area (TPSA) is 141 Å². The van der Waals surface area contributed by atoms with Crippen molar-refractivity contribution in [2.24, 2.45) is 5.73 Å². The molecule has 0 aliphatic heterocycles. The predicted molar refractivity (Wildman–Crippen MR) is 142 cm³/mol. The first-order valence-electron chi connectivity index (χ1n) is 11.5. The van der Waals surface area contributed by atoms with Crippen LogP contribution in [-0.2, 0) is 20.9 Å². The third-order valence-electron chi connectivity index (χ3n) is 5.28. The van der Waals surface area contributed by atoms with Crippen molar-refractivity contribution in [1.82, 2.24) is 25.0 Å². The number of amides is 3. The molecule has 1 atom stereocenters. The Morgan fingerprint density at radius 2 is 1.70 bits per heavy atom. The average molecular weight is 599 g/mol. The highest BCUT2D eigenvalue weighted by Gasteiger charge is 2.31. The van der Waals surface area contributed by atoms with E-state index < -0.39 is 47.7 Å². The van der Waals surface area contributed by atoms with Crippen LogP contribution in [0.4, 0.5) is 13.2 Å². The highest BCUT2D eigenvalue weighted by molar-refractivity contribution is 6.31. The van der Waals surface area contributed by atoms with Gasteiger partial charge in [0.1, 0.15) is 12.6 Å². The SMILES string of the molecule is CC(C)(N)C(=O)NC(=O)C(NC(=O)Cn1nc(-c2ccc(Cl)cc2)n(/C=C/C(F)(F)F)c1=O)c1ccccc1Cl. The summed E-state index contributed by atoms with van der Waals surface area (Å²) in [5.74, 6) is -2.93. The summed E-state index contributed by atoms with van der Waals surface area (Å²) >= 11 is 12.1. The van der Waals surface area contributed by atoms with Gasteiger partial charge in [0.2, 0.25) is 11.8 Å². The van der Waals surface area contributed by atoms with Gasteiger partial charge in [-0.25, -0.2) is 14.0 Å². The zero-order valence-electron chi connectivity index (χ0n) is 21.0. The van der Waals surface area contributed by atoms with Crippen molar-refractivity contribution >= 4 is 47.1 Å². The summed E-state index contributed by atoms with van der Waals surface area (Å²) in [6.07, 6.45) is -4.41. The number of hydrogen-bond acceptors (Lipinski definition) is 6. The number of alkyl halides is 3. The number of hydrogen-bond donors (Lipinski definition) is 3. The van der Waals surface area contributed by atoms with Crippen LogP contribution in [0.25, 0.3) is 17.6 Å². The Hall–Kier alpha value is -3.94. The van der Waals surface area contributed by atoms with Crippen LogP contribution in [0.15, 0.2) is 59.4 Å². The van der Waals surface area contributed by atoms with Crippen molar-refractivity contribution in [3.63, 3.8) is 0 Å². The second-order valence-electron chi connectivity index (χ2n) is 9.06. The molecule has 15 heteroatoms. The van der Waals surface area contributed by atoms with E-state index in [2.05, 4.69) is 15.7 Å². The molecule has 212 valence electrons. The number of benzene rings is 2. The van der Waals surface area contributed by atoms with Crippen molar-refractivity contribution in [2.45, 2.75) is 38.1 Å². The third-order valence-corrected chi connectivity index (χ3v) is 5.88. The normalized spacial score (nSPS) is 12.8. The van der Waals surface area contributed by atoms with Gasteiger partial charge in [-0.15, -0.1) is 5.10 Å². The summed E-state index contributed by atoms with van der Waals surface area (Å²) in [5, 5.41) is 8.94. The summed E-state index contributed by atoms with van der Waals surface area (Å²) < 4.78 is 39.8. The number of carbonyl (C=O) groups is 3. The van der Waals surface area contributed by atoms with Crippen LogP contribution < -0.4 is 22.1 Å². The highest BCUT2D eigenvalue weighted by atomic mass is 35.5. The minimum Gasteiger partial charge on any atom is -0.339 e. The molecule has 0 aliphatic rings. The van der Waals surface area contributed by atoms with Crippen molar-refractivity contribution in [3.05, 3.63) is 80.7 Å². The monoisotopic (exact) mass is 598 g/mol. The van der Waals surface area contributed by atoms with Crippen molar-refractivity contribution < 1.29 is 27.6 Å². The van der Waals surface area contributed by atoms with Gasteiger partial charge in [0.15, 0.2) is 5.82 Å². The van der Waals surface area contributed by atoms with E-state index in [1.54, 1.807) is 12.1 Å². The van der Waals surface area contributed by atoms with Gasteiger partial charge in [-0.1, -0.05) is 41.4 Å². The first kappa shape index (κ1) is 30.6. The summed E-state index contributed by atoms with van der Waals surface area (Å²) in [7, 11) is 0. The molecule has 3 amide bonds. The second kappa shape index (κ2) is 12.1. The standard InChI is InChI=1S/C25H23Cl2F3N6O4/c1-24(2,31)22(39)33-21(38)19(16-5-3-4-6-17(16)27)32-18(37)13-36-23(40)35(12-11-25(28,29)30)20(34-36)14-7-9-15(26)10-8-14/h3-12,19H,13,31H2,1-2H3,(H,32,37)(H,33,38,39)/b12-11+. The molecule has 40 heavy (non-hydrogen) atoms. The van der Waals surface area contributed by atoms with E-state index in [0.717, 1.165) is 0 Å². The van der Waals surface area contributed by atoms with Gasteiger partial charge < -0.3 is 11.1 Å². The molecule has 2 aromatic carbocycles. The van der Waals surface area contributed by atoms with E-state index in [4.69, 9.17) is 28.9 Å². The van der Waals surface area contributed by atoms with Crippen LogP contribution in [0, 0.1) is 0 Å². The Bertz CT molecular complexity index is 1510. The summed E-state index contributed by atoms with van der Waals surface area (Å²) in [4.78, 5) is 51.2. The zero-order valence-corrected chi connectivity index (χ0v) is 22.5. The molecule has 0 bridgehead atoms. The predicted octanol–water partition coefficient (Wildman–Crippen LogP) is 3.29. The van der Waals surface area contributed by atoms with Gasteiger partial charge in [-0.3, -0.25) is 19.7 Å². The first-order chi connectivity index (χ1) is 18.6. The molecule has 3 aromatic rings. The maximum absolute atomic E-state index is 13.0. The second-order valence-corrected chi connectivity index (χ2v) is 9.90. The van der Waals surface area contributed by atoms with Gasteiger partial charge in [-0.2, -0.15) is 13.2 Å². The summed E-state index contributed by atoms with van der Waals surface area (Å²) in [6.45, 7) is 1.94. The van der Waals surface area contributed by atoms with Gasteiger partial charge in [0.05, 0.1) is 5.54 Å². The highest BCUT2D eigenvalue weighted by Crippen LogP contribution is 2.24. The lowest BCUT2D eigenvalue weighted by Crippen LogP contribution is -2.53. The van der Waals surface area contributed by atoms with Crippen molar-refractivity contribution in [2.75, 3.05) is 0 Å². The Kier molecular flexibility index (Phi) is 9.23. The number of allylic oxidation sites excluding steroid dienone is 1. The van der Waals surface area contributed by atoms with Gasteiger partial charge in [0, 0.05) is 33.4 Å². The number of carbonyl (C=O) groups excluding carboxylic acids is 3. The molecular formula is C25H23Cl2F3N6O4. The van der Waals surface area contributed by atoms with E-state index in [9.17, 15) is 32.3 Å². The van der Waals surface area contributed by atoms with E-state index >= 15 is 0 Å². The number of nitrogens with one attached hydrogen (secondary N) is 2. The van der Waals surface area contributed by atoms with Crippen molar-refractivity contribution in [1.29, 1.82) is 0 Å². The molecule has 0 saturated heterocycles. The lowest BCUT2D eigenvalue weighted by atomic mass is 10.0. The lowest BCUT2D eigenvalue weighted by Gasteiger charge is -2.22. The van der Waals surface area contributed by atoms with Crippen LogP contribution in [-0.4, -0.2) is 43.8 Å². The van der Waals surface area contributed by atoms with E-state index in [0.29, 0.717) is 20.5 Å². The molecule has 0 saturated carbocycles. The summed E-state index contributed by atoms with van der Waals surface area (Å²) in [6, 6.07) is 10.3. The number of nitrogens with zero attached hydrogens (tertiary/aromatic N) is 3. The molecule has 1 aromatic heterocycles. The van der Waals surface area contributed by atoms with Gasteiger partial charge >= 0.3 is 11.9 Å². The van der Waals surface area contributed by atoms with Crippen molar-refractivity contribution in [3.8, 4) is 11.4 Å². The third kappa shape index (κ3) is 7.81. The molecule has 4 N–H and O–H groups in total. The fraction of sp³-hybridized carbons (Fsp3) is 0.240. The number of imide groups is 1. The van der Waals surface area contributed by atoms with Crippen LogP contribution in [0.5, 0.6) is 0 Å². The molecule has 0 radical (unpaired) electrons. The van der Waals surface area contributed by atoms with Crippen LogP contribution in [0.1, 0.15) is 25.5 Å². The minimum atomic E-state index is -4.73. The Morgan fingerprint density at radius 1 is 1.07 bits per heavy atom. The number of halogens is 5. The molecule has 0 aliphatic carbocycles. The Morgan fingerprint density at radius 3 is 2.27 bits per heavy atom. The fourth-order valence-electron chi connectivity index (χ4n) is 3.29. The maximum Gasteiger partial charge on any atom is 0.411 e. The van der Waals surface area contributed by atoms with Crippen LogP contribution in [0.3, 0.4) is 0 Å². The summed E-state index contributed by atoms with van der Waals surface area (Å²) in [5.41, 5.74) is 3.61. The number of rotatable bonds is 8. The van der Waals surface area contributed by atoms with Gasteiger partial charge in [-0.05, 0) is 44.2 Å². The zero-order chi connectivity index (χ0) is 29.8.